The van der Waals surface area contributed by atoms with Crippen molar-refractivity contribution in [1.82, 2.24) is 8.61 Å². The van der Waals surface area contributed by atoms with Gasteiger partial charge in [0.15, 0.2) is 0 Å². The van der Waals surface area contributed by atoms with Crippen LogP contribution in [-0.2, 0) is 15.0 Å². The molecule has 1 saturated heterocycles. The molecule has 0 atom stereocenters. The lowest BCUT2D eigenvalue weighted by atomic mass is 10.0. The second-order valence-electron chi connectivity index (χ2n) is 5.42. The van der Waals surface area contributed by atoms with Crippen molar-refractivity contribution in [3.8, 4) is 0 Å². The van der Waals surface area contributed by atoms with Crippen LogP contribution < -0.4 is 0 Å². The van der Waals surface area contributed by atoms with Gasteiger partial charge < -0.3 is 5.11 Å². The zero-order valence-electron chi connectivity index (χ0n) is 11.4. The molecule has 0 saturated carbocycles. The van der Waals surface area contributed by atoms with Crippen LogP contribution in [0.15, 0.2) is 0 Å². The summed E-state index contributed by atoms with van der Waals surface area (Å²) in [6, 6.07) is 0. The lowest BCUT2D eigenvalue weighted by Gasteiger charge is -2.37. The molecular weight excluding hydrogens is 256 g/mol. The summed E-state index contributed by atoms with van der Waals surface area (Å²) in [4.78, 5) is 11.1. The summed E-state index contributed by atoms with van der Waals surface area (Å²) in [7, 11) is -2.38. The minimum atomic E-state index is -3.70. The Morgan fingerprint density at radius 3 is 2.17 bits per heavy atom. The van der Waals surface area contributed by atoms with Crippen molar-refractivity contribution in [3.05, 3.63) is 0 Å². The molecule has 1 fully saturated rings. The van der Waals surface area contributed by atoms with E-state index in [1.54, 1.807) is 0 Å². The largest absolute Gasteiger partial charge is 0.480 e. The normalized spacial score (nSPS) is 20.3. The average Bonchev–Trinajstić information content (AvgIpc) is 2.28. The van der Waals surface area contributed by atoms with Crippen LogP contribution in [-0.4, -0.2) is 53.8 Å². The van der Waals surface area contributed by atoms with E-state index in [0.717, 1.165) is 17.1 Å². The molecule has 1 N–H and O–H groups in total. The summed E-state index contributed by atoms with van der Waals surface area (Å²) in [5.41, 5.74) is -1.44. The Kier molecular flexibility index (Phi) is 4.40. The van der Waals surface area contributed by atoms with Gasteiger partial charge in [0.1, 0.15) is 5.54 Å². The second kappa shape index (κ2) is 5.14. The van der Waals surface area contributed by atoms with Gasteiger partial charge in [-0.05, 0) is 32.6 Å². The predicted octanol–water partition coefficient (Wildman–Crippen LogP) is 0.758. The standard InChI is InChI=1S/C11H22N2O4S/c1-9-5-7-13(8-6-9)18(16,17)12(4)11(2,3)10(14)15/h9H,5-8H2,1-4H3,(H,14,15). The molecule has 0 aromatic rings. The van der Waals surface area contributed by atoms with Gasteiger partial charge in [0.05, 0.1) is 0 Å². The summed E-state index contributed by atoms with van der Waals surface area (Å²) < 4.78 is 27.0. The lowest BCUT2D eigenvalue weighted by Crippen LogP contribution is -2.56. The quantitative estimate of drug-likeness (QED) is 0.823. The molecule has 0 aromatic carbocycles. The van der Waals surface area contributed by atoms with Crippen LogP contribution in [0, 0.1) is 5.92 Å². The fourth-order valence-corrected chi connectivity index (χ4v) is 3.49. The Balaban J connectivity index is 2.90. The van der Waals surface area contributed by atoms with Gasteiger partial charge in [0, 0.05) is 20.1 Å². The molecule has 7 heteroatoms. The number of nitrogens with zero attached hydrogens (tertiary/aromatic N) is 2. The summed E-state index contributed by atoms with van der Waals surface area (Å²) in [6.07, 6.45) is 1.64. The van der Waals surface area contributed by atoms with Crippen molar-refractivity contribution in [3.63, 3.8) is 0 Å². The SMILES string of the molecule is CC1CCN(S(=O)(=O)N(C)C(C)(C)C(=O)O)CC1. The van der Waals surface area contributed by atoms with E-state index >= 15 is 0 Å². The molecular formula is C11H22N2O4S. The molecule has 1 heterocycles. The molecule has 1 rings (SSSR count). The van der Waals surface area contributed by atoms with Crippen LogP contribution in [0.5, 0.6) is 0 Å². The van der Waals surface area contributed by atoms with Crippen molar-refractivity contribution in [1.29, 1.82) is 0 Å². The van der Waals surface area contributed by atoms with Gasteiger partial charge in [-0.25, -0.2) is 0 Å². The Morgan fingerprint density at radius 2 is 1.78 bits per heavy atom. The Bertz CT molecular complexity index is 411. The minimum Gasteiger partial charge on any atom is -0.480 e. The highest BCUT2D eigenvalue weighted by atomic mass is 32.2. The molecule has 1 aliphatic heterocycles. The fraction of sp³-hybridized carbons (Fsp3) is 0.909. The fourth-order valence-electron chi connectivity index (χ4n) is 1.81. The number of rotatable bonds is 4. The second-order valence-corrected chi connectivity index (χ2v) is 7.38. The molecule has 6 nitrogen and oxygen atoms in total. The van der Waals surface area contributed by atoms with Crippen molar-refractivity contribution >= 4 is 16.2 Å². The minimum absolute atomic E-state index is 0.462. The average molecular weight is 278 g/mol. The first kappa shape index (κ1) is 15.4. The summed E-state index contributed by atoms with van der Waals surface area (Å²) in [5, 5.41) is 9.09. The zero-order chi connectivity index (χ0) is 14.1. The smallest absolute Gasteiger partial charge is 0.324 e. The van der Waals surface area contributed by atoms with Gasteiger partial charge in [0.2, 0.25) is 0 Å². The maximum Gasteiger partial charge on any atom is 0.324 e. The number of carbonyl (C=O) groups is 1. The van der Waals surface area contributed by atoms with Crippen molar-refractivity contribution < 1.29 is 18.3 Å². The van der Waals surface area contributed by atoms with E-state index in [-0.39, 0.29) is 0 Å². The highest BCUT2D eigenvalue weighted by molar-refractivity contribution is 7.86. The Morgan fingerprint density at radius 1 is 1.33 bits per heavy atom. The first-order valence-corrected chi connectivity index (χ1v) is 7.47. The molecule has 18 heavy (non-hydrogen) atoms. The first-order valence-electron chi connectivity index (χ1n) is 6.07. The maximum atomic E-state index is 12.3. The Labute approximate surface area is 109 Å². The maximum absolute atomic E-state index is 12.3. The van der Waals surface area contributed by atoms with E-state index in [2.05, 4.69) is 6.92 Å². The lowest BCUT2D eigenvalue weighted by molar-refractivity contribution is -0.146. The number of likely N-dealkylation sites (N-methyl/N-ethyl adjacent to an activating group) is 1. The van der Waals surface area contributed by atoms with Crippen molar-refractivity contribution in [2.75, 3.05) is 20.1 Å². The van der Waals surface area contributed by atoms with Crippen LogP contribution in [0.4, 0.5) is 0 Å². The zero-order valence-corrected chi connectivity index (χ0v) is 12.2. The summed E-state index contributed by atoms with van der Waals surface area (Å²) >= 11 is 0. The molecule has 0 amide bonds. The third-order valence-electron chi connectivity index (χ3n) is 3.73. The Hall–Kier alpha value is -0.660. The van der Waals surface area contributed by atoms with Gasteiger partial charge in [-0.15, -0.1) is 0 Å². The first-order chi connectivity index (χ1) is 8.10. The predicted molar refractivity (Wildman–Crippen MR) is 68.4 cm³/mol. The number of hydrogen-bond acceptors (Lipinski definition) is 3. The molecule has 0 aromatic heterocycles. The molecule has 1 aliphatic rings. The third-order valence-corrected chi connectivity index (χ3v) is 5.89. The molecule has 0 bridgehead atoms. The van der Waals surface area contributed by atoms with Crippen LogP contribution in [0.3, 0.4) is 0 Å². The highest BCUT2D eigenvalue weighted by Gasteiger charge is 2.42. The molecule has 0 aliphatic carbocycles. The van der Waals surface area contributed by atoms with E-state index < -0.39 is 21.7 Å². The topological polar surface area (TPSA) is 77.9 Å². The van der Waals surface area contributed by atoms with Gasteiger partial charge in [-0.3, -0.25) is 4.79 Å². The number of hydrogen-bond donors (Lipinski definition) is 1. The number of carboxylic acid groups (broad SMARTS) is 1. The van der Waals surface area contributed by atoms with Crippen LogP contribution in [0.25, 0.3) is 0 Å². The van der Waals surface area contributed by atoms with Crippen LogP contribution >= 0.6 is 0 Å². The van der Waals surface area contributed by atoms with E-state index in [0.29, 0.717) is 19.0 Å². The molecule has 0 spiro atoms. The number of carboxylic acids is 1. The van der Waals surface area contributed by atoms with Gasteiger partial charge in [0.25, 0.3) is 10.2 Å². The van der Waals surface area contributed by atoms with E-state index in [9.17, 15) is 13.2 Å². The monoisotopic (exact) mass is 278 g/mol. The van der Waals surface area contributed by atoms with Gasteiger partial charge >= 0.3 is 5.97 Å². The molecule has 106 valence electrons. The molecule has 0 unspecified atom stereocenters. The van der Waals surface area contributed by atoms with E-state index in [1.165, 1.54) is 25.2 Å². The summed E-state index contributed by atoms with van der Waals surface area (Å²) in [6.45, 7) is 5.79. The highest BCUT2D eigenvalue weighted by Crippen LogP contribution is 2.24. The van der Waals surface area contributed by atoms with Crippen molar-refractivity contribution in [2.24, 2.45) is 5.92 Å². The van der Waals surface area contributed by atoms with Gasteiger partial charge in [-0.2, -0.15) is 17.0 Å². The molecule has 0 radical (unpaired) electrons. The number of piperidine rings is 1. The van der Waals surface area contributed by atoms with Crippen LogP contribution in [0.1, 0.15) is 33.6 Å². The van der Waals surface area contributed by atoms with Crippen LogP contribution in [0.2, 0.25) is 0 Å². The third kappa shape index (κ3) is 2.84. The van der Waals surface area contributed by atoms with Gasteiger partial charge in [-0.1, -0.05) is 6.92 Å². The van der Waals surface area contributed by atoms with E-state index in [1.807, 2.05) is 0 Å². The number of aliphatic carboxylic acids is 1. The van der Waals surface area contributed by atoms with Crippen molar-refractivity contribution in [2.45, 2.75) is 39.2 Å². The van der Waals surface area contributed by atoms with E-state index in [4.69, 9.17) is 5.11 Å². The summed E-state index contributed by atoms with van der Waals surface area (Å²) in [5.74, 6) is -0.631.